The number of ketones is 1. The Morgan fingerprint density at radius 2 is 1.80 bits per heavy atom. The first-order valence-electron chi connectivity index (χ1n) is 6.71. The van der Waals surface area contributed by atoms with Crippen LogP contribution in [-0.2, 0) is 16.1 Å². The quantitative estimate of drug-likeness (QED) is 0.637. The Labute approximate surface area is 119 Å². The molecule has 1 heterocycles. The van der Waals surface area contributed by atoms with Crippen molar-refractivity contribution in [3.8, 4) is 0 Å². The number of hydrogen-bond donors (Lipinski definition) is 0. The van der Waals surface area contributed by atoms with E-state index >= 15 is 0 Å². The van der Waals surface area contributed by atoms with E-state index in [0.717, 1.165) is 16.6 Å². The lowest BCUT2D eigenvalue weighted by Gasteiger charge is -2.06. The highest BCUT2D eigenvalue weighted by Gasteiger charge is 2.18. The molecule has 0 saturated heterocycles. The summed E-state index contributed by atoms with van der Waals surface area (Å²) in [7, 11) is 1.36. The number of esters is 1. The van der Waals surface area contributed by atoms with Gasteiger partial charge in [0.1, 0.15) is 6.54 Å². The summed E-state index contributed by atoms with van der Waals surface area (Å²) in [4.78, 5) is 23.1. The van der Waals surface area contributed by atoms with E-state index in [1.807, 2.05) is 49.6 Å². The van der Waals surface area contributed by atoms with Crippen molar-refractivity contribution >= 4 is 22.7 Å². The fraction of sp³-hybridized carbons (Fsp3) is 0.375. The first kappa shape index (κ1) is 16.0. The van der Waals surface area contributed by atoms with Gasteiger partial charge in [-0.3, -0.25) is 9.59 Å². The van der Waals surface area contributed by atoms with Crippen LogP contribution in [0.4, 0.5) is 0 Å². The van der Waals surface area contributed by atoms with Crippen LogP contribution in [0.15, 0.2) is 24.3 Å². The maximum Gasteiger partial charge on any atom is 0.325 e. The Morgan fingerprint density at radius 3 is 2.35 bits per heavy atom. The van der Waals surface area contributed by atoms with Crippen LogP contribution in [0, 0.1) is 6.92 Å². The standard InChI is InChI=1S/C14H15NO3.C2H6/c1-9-14(10(2)16)11-6-4-5-7-12(11)15(9)8-13(17)18-3;1-2/h4-7H,8H2,1-3H3;1-2H3. The largest absolute Gasteiger partial charge is 0.468 e. The van der Waals surface area contributed by atoms with Crippen LogP contribution in [0.25, 0.3) is 10.9 Å². The highest BCUT2D eigenvalue weighted by molar-refractivity contribution is 6.08. The Morgan fingerprint density at radius 1 is 1.20 bits per heavy atom. The van der Waals surface area contributed by atoms with Crippen molar-refractivity contribution in [1.82, 2.24) is 4.57 Å². The molecule has 1 aromatic carbocycles. The topological polar surface area (TPSA) is 48.3 Å². The molecular weight excluding hydrogens is 254 g/mol. The monoisotopic (exact) mass is 275 g/mol. The molecule has 0 fully saturated rings. The van der Waals surface area contributed by atoms with E-state index in [-0.39, 0.29) is 18.3 Å². The third-order valence-corrected chi connectivity index (χ3v) is 3.10. The molecule has 2 aromatic rings. The Balaban J connectivity index is 0.000000956. The van der Waals surface area contributed by atoms with Gasteiger partial charge < -0.3 is 9.30 Å². The summed E-state index contributed by atoms with van der Waals surface area (Å²) < 4.78 is 6.50. The summed E-state index contributed by atoms with van der Waals surface area (Å²) in [5.41, 5.74) is 2.36. The van der Waals surface area contributed by atoms with E-state index in [9.17, 15) is 9.59 Å². The van der Waals surface area contributed by atoms with Gasteiger partial charge in [0.25, 0.3) is 0 Å². The number of benzene rings is 1. The van der Waals surface area contributed by atoms with Crippen molar-refractivity contribution in [3.05, 3.63) is 35.5 Å². The zero-order valence-electron chi connectivity index (χ0n) is 12.7. The van der Waals surface area contributed by atoms with Crippen molar-refractivity contribution in [2.24, 2.45) is 0 Å². The number of nitrogens with zero attached hydrogens (tertiary/aromatic N) is 1. The number of aromatic nitrogens is 1. The first-order valence-corrected chi connectivity index (χ1v) is 6.71. The van der Waals surface area contributed by atoms with Gasteiger partial charge in [-0.15, -0.1) is 0 Å². The number of methoxy groups -OCH3 is 1. The van der Waals surface area contributed by atoms with E-state index in [1.54, 1.807) is 0 Å². The van der Waals surface area contributed by atoms with Crippen LogP contribution in [0.1, 0.15) is 36.8 Å². The second-order valence-corrected chi connectivity index (χ2v) is 4.20. The second kappa shape index (κ2) is 6.89. The van der Waals surface area contributed by atoms with Gasteiger partial charge in [0, 0.05) is 22.2 Å². The number of carbonyl (C=O) groups excluding carboxylic acids is 2. The van der Waals surface area contributed by atoms with Gasteiger partial charge in [-0.1, -0.05) is 32.0 Å². The number of ether oxygens (including phenoxy) is 1. The van der Waals surface area contributed by atoms with E-state index in [0.29, 0.717) is 5.56 Å². The van der Waals surface area contributed by atoms with Crippen LogP contribution < -0.4 is 0 Å². The van der Waals surface area contributed by atoms with Gasteiger partial charge in [0.05, 0.1) is 7.11 Å². The van der Waals surface area contributed by atoms with Crippen molar-refractivity contribution in [2.45, 2.75) is 34.2 Å². The third-order valence-electron chi connectivity index (χ3n) is 3.10. The van der Waals surface area contributed by atoms with Crippen LogP contribution in [0.5, 0.6) is 0 Å². The average molecular weight is 275 g/mol. The summed E-state index contributed by atoms with van der Waals surface area (Å²) in [6, 6.07) is 7.57. The number of carbonyl (C=O) groups is 2. The summed E-state index contributed by atoms with van der Waals surface area (Å²) in [5, 5.41) is 0.881. The molecule has 0 radical (unpaired) electrons. The van der Waals surface area contributed by atoms with Gasteiger partial charge in [0.2, 0.25) is 0 Å². The molecule has 0 aliphatic rings. The number of para-hydroxylation sites is 1. The lowest BCUT2D eigenvalue weighted by atomic mass is 10.1. The number of rotatable bonds is 3. The second-order valence-electron chi connectivity index (χ2n) is 4.20. The minimum atomic E-state index is -0.325. The molecule has 20 heavy (non-hydrogen) atoms. The molecule has 108 valence electrons. The van der Waals surface area contributed by atoms with E-state index < -0.39 is 0 Å². The Kier molecular flexibility index (Phi) is 5.50. The summed E-state index contributed by atoms with van der Waals surface area (Å²) in [5.74, 6) is -0.318. The normalized spacial score (nSPS) is 9.85. The minimum absolute atomic E-state index is 0.00677. The predicted octanol–water partition coefficient (Wildman–Crippen LogP) is 3.35. The molecule has 2 rings (SSSR count). The van der Waals surface area contributed by atoms with Crippen molar-refractivity contribution in [1.29, 1.82) is 0 Å². The number of hydrogen-bond acceptors (Lipinski definition) is 3. The maximum atomic E-state index is 11.7. The summed E-state index contributed by atoms with van der Waals surface area (Å²) in [6.45, 7) is 7.51. The minimum Gasteiger partial charge on any atom is -0.468 e. The van der Waals surface area contributed by atoms with Crippen LogP contribution >= 0.6 is 0 Å². The molecule has 4 heteroatoms. The van der Waals surface area contributed by atoms with Gasteiger partial charge in [-0.2, -0.15) is 0 Å². The lowest BCUT2D eigenvalue weighted by molar-refractivity contribution is -0.141. The molecule has 0 unspecified atom stereocenters. The van der Waals surface area contributed by atoms with Gasteiger partial charge in [-0.05, 0) is 19.9 Å². The highest BCUT2D eigenvalue weighted by atomic mass is 16.5. The molecule has 0 saturated carbocycles. The van der Waals surface area contributed by atoms with Crippen molar-refractivity contribution in [3.63, 3.8) is 0 Å². The molecule has 0 atom stereocenters. The Bertz CT molecular complexity index is 626. The molecule has 0 bridgehead atoms. The predicted molar refractivity (Wildman–Crippen MR) is 80.0 cm³/mol. The fourth-order valence-electron chi connectivity index (χ4n) is 2.27. The highest BCUT2D eigenvalue weighted by Crippen LogP contribution is 2.26. The van der Waals surface area contributed by atoms with Crippen LogP contribution in [0.2, 0.25) is 0 Å². The Hall–Kier alpha value is -2.10. The molecule has 0 N–H and O–H groups in total. The zero-order chi connectivity index (χ0) is 15.3. The molecule has 0 aliphatic carbocycles. The number of fused-ring (bicyclic) bond motifs is 1. The van der Waals surface area contributed by atoms with Crippen molar-refractivity contribution < 1.29 is 14.3 Å². The van der Waals surface area contributed by atoms with Crippen LogP contribution in [-0.4, -0.2) is 23.4 Å². The molecule has 4 nitrogen and oxygen atoms in total. The van der Waals surface area contributed by atoms with E-state index in [4.69, 9.17) is 0 Å². The van der Waals surface area contributed by atoms with Crippen LogP contribution in [0.3, 0.4) is 0 Å². The third kappa shape index (κ3) is 2.90. The maximum absolute atomic E-state index is 11.7. The smallest absolute Gasteiger partial charge is 0.325 e. The molecule has 0 amide bonds. The summed E-state index contributed by atoms with van der Waals surface area (Å²) >= 11 is 0. The van der Waals surface area contributed by atoms with Crippen molar-refractivity contribution in [2.75, 3.05) is 7.11 Å². The van der Waals surface area contributed by atoms with Gasteiger partial charge >= 0.3 is 5.97 Å². The van der Waals surface area contributed by atoms with Gasteiger partial charge in [0.15, 0.2) is 5.78 Å². The SMILES string of the molecule is CC.COC(=O)Cn1c(C)c(C(C)=O)c2ccccc21. The van der Waals surface area contributed by atoms with E-state index in [2.05, 4.69) is 4.74 Å². The molecule has 0 aliphatic heterocycles. The number of Topliss-reactive ketones (excluding diaryl/α,β-unsaturated/α-hetero) is 1. The zero-order valence-corrected chi connectivity index (χ0v) is 12.7. The molecule has 0 spiro atoms. The molecular formula is C16H21NO3. The first-order chi connectivity index (χ1) is 9.56. The summed E-state index contributed by atoms with van der Waals surface area (Å²) in [6.07, 6.45) is 0. The van der Waals surface area contributed by atoms with E-state index in [1.165, 1.54) is 14.0 Å². The lowest BCUT2D eigenvalue weighted by Crippen LogP contribution is -2.13. The fourth-order valence-corrected chi connectivity index (χ4v) is 2.27. The molecule has 1 aromatic heterocycles. The van der Waals surface area contributed by atoms with Gasteiger partial charge in [-0.25, -0.2) is 0 Å². The average Bonchev–Trinajstić information content (AvgIpc) is 2.74.